The van der Waals surface area contributed by atoms with Crippen molar-refractivity contribution in [1.82, 2.24) is 5.32 Å². The van der Waals surface area contributed by atoms with Gasteiger partial charge in [0.05, 0.1) is 12.7 Å². The van der Waals surface area contributed by atoms with Gasteiger partial charge in [0, 0.05) is 17.1 Å². The van der Waals surface area contributed by atoms with E-state index in [1.54, 1.807) is 18.4 Å². The first kappa shape index (κ1) is 18.2. The van der Waals surface area contributed by atoms with Gasteiger partial charge in [-0.15, -0.1) is 11.3 Å². The Balaban J connectivity index is 1.64. The van der Waals surface area contributed by atoms with Gasteiger partial charge in [0.2, 0.25) is 0 Å². The molecule has 0 aliphatic heterocycles. The molecule has 4 nitrogen and oxygen atoms in total. The minimum Gasteiger partial charge on any atom is -0.497 e. The van der Waals surface area contributed by atoms with E-state index in [1.807, 2.05) is 30.5 Å². The van der Waals surface area contributed by atoms with Crippen molar-refractivity contribution >= 4 is 28.5 Å². The van der Waals surface area contributed by atoms with Crippen molar-refractivity contribution in [2.75, 3.05) is 7.11 Å². The summed E-state index contributed by atoms with van der Waals surface area (Å²) < 4.78 is 5.21. The number of ether oxygens (including phenoxy) is 1. The number of thiophene rings is 1. The largest absolute Gasteiger partial charge is 0.497 e. The Morgan fingerprint density at radius 2 is 2.07 bits per heavy atom. The zero-order valence-corrected chi connectivity index (χ0v) is 16.8. The van der Waals surface area contributed by atoms with Gasteiger partial charge >= 0.3 is 0 Å². The molecule has 0 saturated heterocycles. The second-order valence-electron chi connectivity index (χ2n) is 7.48. The van der Waals surface area contributed by atoms with Crippen LogP contribution in [0.2, 0.25) is 0 Å². The molecule has 0 radical (unpaired) electrons. The zero-order valence-electron chi connectivity index (χ0n) is 16.0. The number of nitrogens with one attached hydrogen (secondary N) is 1. The third kappa shape index (κ3) is 4.08. The van der Waals surface area contributed by atoms with E-state index in [-0.39, 0.29) is 5.91 Å². The molecule has 1 atom stereocenters. The van der Waals surface area contributed by atoms with Gasteiger partial charge in [0.1, 0.15) is 10.8 Å². The van der Waals surface area contributed by atoms with Crippen LogP contribution in [-0.4, -0.2) is 25.3 Å². The average Bonchev–Trinajstić information content (AvgIpc) is 3.43. The van der Waals surface area contributed by atoms with Crippen LogP contribution < -0.4 is 10.1 Å². The number of fused-ring (bicyclic) bond motifs is 1. The van der Waals surface area contributed by atoms with E-state index in [4.69, 9.17) is 9.73 Å². The lowest BCUT2D eigenvalue weighted by Gasteiger charge is -2.21. The predicted octanol–water partition coefficient (Wildman–Crippen LogP) is 4.91. The Kier molecular flexibility index (Phi) is 5.30. The number of carbonyl (C=O) groups is 1. The van der Waals surface area contributed by atoms with Crippen LogP contribution in [-0.2, 0) is 12.8 Å². The first-order chi connectivity index (χ1) is 13.2. The third-order valence-corrected chi connectivity index (χ3v) is 6.67. The summed E-state index contributed by atoms with van der Waals surface area (Å²) in [6, 6.07) is 8.17. The van der Waals surface area contributed by atoms with E-state index in [0.717, 1.165) is 53.5 Å². The quantitative estimate of drug-likeness (QED) is 0.721. The van der Waals surface area contributed by atoms with Crippen molar-refractivity contribution in [2.45, 2.75) is 51.5 Å². The Labute approximate surface area is 164 Å². The molecule has 5 heteroatoms. The minimum atomic E-state index is 0.0619. The van der Waals surface area contributed by atoms with Crippen LogP contribution in [0.1, 0.15) is 59.0 Å². The number of nitrogens with zero attached hydrogens (tertiary/aromatic N) is 1. The lowest BCUT2D eigenvalue weighted by molar-refractivity contribution is 0.0951. The first-order valence-corrected chi connectivity index (χ1v) is 10.6. The minimum absolute atomic E-state index is 0.0619. The van der Waals surface area contributed by atoms with Gasteiger partial charge in [-0.1, -0.05) is 13.3 Å². The smallest absolute Gasteiger partial charge is 0.254 e. The molecule has 2 aliphatic rings. The molecule has 2 aromatic rings. The topological polar surface area (TPSA) is 50.7 Å². The molecular formula is C22H26N2O2S. The van der Waals surface area contributed by atoms with Crippen LogP contribution in [0.5, 0.6) is 5.75 Å². The fourth-order valence-electron chi connectivity index (χ4n) is 3.62. The van der Waals surface area contributed by atoms with Gasteiger partial charge in [-0.3, -0.25) is 4.79 Å². The molecule has 27 heavy (non-hydrogen) atoms. The molecule has 4 rings (SSSR count). The molecule has 1 N–H and O–H groups in total. The Morgan fingerprint density at radius 1 is 1.30 bits per heavy atom. The molecule has 2 aliphatic carbocycles. The fraction of sp³-hybridized carbons (Fsp3) is 0.455. The number of carbonyl (C=O) groups excluding carboxylic acids is 1. The number of hydrogen-bond donors (Lipinski definition) is 1. The summed E-state index contributed by atoms with van der Waals surface area (Å²) in [5.41, 5.74) is 3.06. The summed E-state index contributed by atoms with van der Waals surface area (Å²) in [6.45, 7) is 2.26. The van der Waals surface area contributed by atoms with Crippen LogP contribution >= 0.6 is 11.3 Å². The molecule has 1 saturated carbocycles. The summed E-state index contributed by atoms with van der Waals surface area (Å²) >= 11 is 1.70. The van der Waals surface area contributed by atoms with Crippen molar-refractivity contribution in [1.29, 1.82) is 0 Å². The monoisotopic (exact) mass is 382 g/mol. The lowest BCUT2D eigenvalue weighted by atomic mass is 9.85. The number of rotatable bonds is 6. The number of aliphatic imine (C=N–C) groups is 1. The van der Waals surface area contributed by atoms with Crippen LogP contribution in [0.4, 0.5) is 5.00 Å². The molecule has 1 amide bonds. The third-order valence-electron chi connectivity index (χ3n) is 5.51. The van der Waals surface area contributed by atoms with Crippen molar-refractivity contribution in [3.63, 3.8) is 0 Å². The zero-order chi connectivity index (χ0) is 18.8. The van der Waals surface area contributed by atoms with E-state index in [1.165, 1.54) is 23.3 Å². The van der Waals surface area contributed by atoms with Crippen molar-refractivity contribution < 1.29 is 9.53 Å². The number of amides is 1. The molecule has 1 fully saturated rings. The Bertz CT molecular complexity index is 850. The van der Waals surface area contributed by atoms with E-state index < -0.39 is 0 Å². The molecule has 0 spiro atoms. The summed E-state index contributed by atoms with van der Waals surface area (Å²) in [5.74, 6) is 1.62. The lowest BCUT2D eigenvalue weighted by Crippen LogP contribution is -2.26. The number of benzene rings is 1. The summed E-state index contributed by atoms with van der Waals surface area (Å²) in [6.07, 6.45) is 8.49. The second kappa shape index (κ2) is 7.85. The molecule has 1 aromatic heterocycles. The van der Waals surface area contributed by atoms with Crippen LogP contribution in [0.15, 0.2) is 29.3 Å². The Morgan fingerprint density at radius 3 is 2.74 bits per heavy atom. The fourth-order valence-corrected chi connectivity index (χ4v) is 4.92. The molecule has 1 aromatic carbocycles. The van der Waals surface area contributed by atoms with Crippen molar-refractivity contribution in [2.24, 2.45) is 10.9 Å². The SMILES string of the molecule is CCC1CCc2c(sc(/N=C/c3ccc(OC)cc3)c2C(=O)NC2CC2)C1. The average molecular weight is 383 g/mol. The highest BCUT2D eigenvalue weighted by molar-refractivity contribution is 7.16. The van der Waals surface area contributed by atoms with Crippen LogP contribution in [0.25, 0.3) is 0 Å². The van der Waals surface area contributed by atoms with Crippen LogP contribution in [0, 0.1) is 5.92 Å². The van der Waals surface area contributed by atoms with Gasteiger partial charge in [0.25, 0.3) is 5.91 Å². The van der Waals surface area contributed by atoms with E-state index in [9.17, 15) is 4.79 Å². The summed E-state index contributed by atoms with van der Waals surface area (Å²) in [5, 5.41) is 4.02. The normalized spacial score (nSPS) is 19.1. The highest BCUT2D eigenvalue weighted by atomic mass is 32.1. The molecule has 1 heterocycles. The maximum absolute atomic E-state index is 12.9. The number of methoxy groups -OCH3 is 1. The van der Waals surface area contributed by atoms with Gasteiger partial charge in [-0.05, 0) is 73.4 Å². The maximum Gasteiger partial charge on any atom is 0.254 e. The standard InChI is InChI=1S/C22H26N2O2S/c1-3-14-6-11-18-19(12-14)27-22(20(18)21(25)24-16-7-8-16)23-13-15-4-9-17(26-2)10-5-15/h4-5,9-10,13-14,16H,3,6-8,11-12H2,1-2H3,(H,24,25)/b23-13+. The van der Waals surface area contributed by atoms with Crippen molar-refractivity contribution in [3.05, 3.63) is 45.8 Å². The highest BCUT2D eigenvalue weighted by Gasteiger charge is 2.31. The molecule has 0 bridgehead atoms. The van der Waals surface area contributed by atoms with Gasteiger partial charge in [-0.25, -0.2) is 4.99 Å². The van der Waals surface area contributed by atoms with Gasteiger partial charge < -0.3 is 10.1 Å². The van der Waals surface area contributed by atoms with Crippen molar-refractivity contribution in [3.8, 4) is 5.75 Å². The van der Waals surface area contributed by atoms with E-state index >= 15 is 0 Å². The second-order valence-corrected chi connectivity index (χ2v) is 8.56. The molecular weight excluding hydrogens is 356 g/mol. The summed E-state index contributed by atoms with van der Waals surface area (Å²) in [7, 11) is 1.66. The Hall–Kier alpha value is -2.14. The van der Waals surface area contributed by atoms with Crippen LogP contribution in [0.3, 0.4) is 0 Å². The predicted molar refractivity (Wildman–Crippen MR) is 111 cm³/mol. The highest BCUT2D eigenvalue weighted by Crippen LogP contribution is 2.42. The van der Waals surface area contributed by atoms with E-state index in [2.05, 4.69) is 12.2 Å². The molecule has 142 valence electrons. The van der Waals surface area contributed by atoms with Gasteiger partial charge in [-0.2, -0.15) is 0 Å². The first-order valence-electron chi connectivity index (χ1n) is 9.81. The number of hydrogen-bond acceptors (Lipinski definition) is 4. The summed E-state index contributed by atoms with van der Waals surface area (Å²) in [4.78, 5) is 19.0. The maximum atomic E-state index is 12.9. The van der Waals surface area contributed by atoms with E-state index in [0.29, 0.717) is 6.04 Å². The molecule has 1 unspecified atom stereocenters. The van der Waals surface area contributed by atoms with Gasteiger partial charge in [0.15, 0.2) is 0 Å².